The molecule has 1 saturated heterocycles. The van der Waals surface area contributed by atoms with Crippen LogP contribution in [0.4, 0.5) is 0 Å². The third-order valence-corrected chi connectivity index (χ3v) is 9.47. The molecule has 0 amide bonds. The molecular formula is C19H24O2S. The summed E-state index contributed by atoms with van der Waals surface area (Å²) in [5.41, 5.74) is 1.80. The van der Waals surface area contributed by atoms with Crippen molar-refractivity contribution in [2.75, 3.05) is 5.75 Å². The highest BCUT2D eigenvalue weighted by Crippen LogP contribution is 2.69. The number of rotatable bonds is 0. The van der Waals surface area contributed by atoms with Crippen molar-refractivity contribution in [2.24, 2.45) is 28.6 Å². The number of hydrogen-bond acceptors (Lipinski definition) is 3. The number of carbonyl (C=O) groups excluding carboxylic acids is 2. The maximum atomic E-state index is 12.4. The van der Waals surface area contributed by atoms with E-state index < -0.39 is 0 Å². The highest BCUT2D eigenvalue weighted by molar-refractivity contribution is 8.00. The molecule has 22 heavy (non-hydrogen) atoms. The Hall–Kier alpha value is -0.570. The van der Waals surface area contributed by atoms with Crippen molar-refractivity contribution in [3.8, 4) is 0 Å². The minimum atomic E-state index is -0.0202. The number of fused-ring (bicyclic) bond motifs is 3. The molecular weight excluding hydrogens is 292 g/mol. The molecule has 118 valence electrons. The molecule has 4 fully saturated rings. The molecule has 0 spiro atoms. The largest absolute Gasteiger partial charge is 0.299 e. The first-order valence-corrected chi connectivity index (χ1v) is 9.99. The van der Waals surface area contributed by atoms with Gasteiger partial charge in [0.25, 0.3) is 0 Å². The van der Waals surface area contributed by atoms with E-state index in [-0.39, 0.29) is 5.41 Å². The second-order valence-corrected chi connectivity index (χ2v) is 9.74. The second kappa shape index (κ2) is 4.28. The van der Waals surface area contributed by atoms with E-state index in [9.17, 15) is 9.59 Å². The molecule has 0 aromatic carbocycles. The van der Waals surface area contributed by atoms with Gasteiger partial charge in [0.15, 0.2) is 5.78 Å². The summed E-state index contributed by atoms with van der Waals surface area (Å²) in [6, 6.07) is 0. The van der Waals surface area contributed by atoms with E-state index in [2.05, 4.69) is 18.7 Å². The molecule has 5 aliphatic rings. The lowest BCUT2D eigenvalue weighted by Gasteiger charge is -2.56. The zero-order chi connectivity index (χ0) is 15.1. The summed E-state index contributed by atoms with van der Waals surface area (Å²) in [4.78, 5) is 24.4. The Morgan fingerprint density at radius 3 is 2.86 bits per heavy atom. The van der Waals surface area contributed by atoms with Gasteiger partial charge in [-0.25, -0.2) is 0 Å². The maximum absolute atomic E-state index is 12.4. The van der Waals surface area contributed by atoms with Gasteiger partial charge in [0.05, 0.1) is 0 Å². The normalized spacial score (nSPS) is 52.9. The van der Waals surface area contributed by atoms with Crippen LogP contribution in [0, 0.1) is 28.6 Å². The van der Waals surface area contributed by atoms with Gasteiger partial charge in [0.2, 0.25) is 0 Å². The fourth-order valence-electron chi connectivity index (χ4n) is 6.81. The Kier molecular flexibility index (Phi) is 2.69. The predicted molar refractivity (Wildman–Crippen MR) is 87.7 cm³/mol. The van der Waals surface area contributed by atoms with Crippen LogP contribution < -0.4 is 0 Å². The van der Waals surface area contributed by atoms with E-state index in [0.29, 0.717) is 28.1 Å². The van der Waals surface area contributed by atoms with Crippen LogP contribution in [-0.4, -0.2) is 22.6 Å². The van der Waals surface area contributed by atoms with Gasteiger partial charge in [-0.2, -0.15) is 11.8 Å². The summed E-state index contributed by atoms with van der Waals surface area (Å²) in [6.07, 6.45) is 9.33. The molecule has 6 atom stereocenters. The number of carbonyl (C=O) groups is 2. The monoisotopic (exact) mass is 316 g/mol. The standard InChI is InChI=1S/C19H24O2S/c1-18-6-5-14-12(13(18)2-3-17(18)21)9-16-15-8-11(20)4-7-19(14,15)10-22-16/h8,12-14,16H,2-7,9-10H2,1H3/t12-,13-,14-,16+,18-,19-/m0/s1. The first-order valence-electron chi connectivity index (χ1n) is 8.94. The Balaban J connectivity index is 1.58. The van der Waals surface area contributed by atoms with Crippen molar-refractivity contribution in [3.05, 3.63) is 11.6 Å². The summed E-state index contributed by atoms with van der Waals surface area (Å²) >= 11 is 2.11. The summed E-state index contributed by atoms with van der Waals surface area (Å²) in [5, 5.41) is 0.573. The van der Waals surface area contributed by atoms with Crippen molar-refractivity contribution in [1.29, 1.82) is 0 Å². The topological polar surface area (TPSA) is 34.1 Å². The van der Waals surface area contributed by atoms with Gasteiger partial charge < -0.3 is 0 Å². The average Bonchev–Trinajstić information content (AvgIpc) is 2.94. The first-order chi connectivity index (χ1) is 10.5. The average molecular weight is 316 g/mol. The lowest BCUT2D eigenvalue weighted by Crippen LogP contribution is -2.52. The van der Waals surface area contributed by atoms with Gasteiger partial charge in [-0.3, -0.25) is 9.59 Å². The Bertz CT molecular complexity index is 609. The molecule has 0 unspecified atom stereocenters. The number of ketones is 2. The lowest BCUT2D eigenvalue weighted by molar-refractivity contribution is -0.132. The van der Waals surface area contributed by atoms with Gasteiger partial charge in [0.1, 0.15) is 5.78 Å². The first kappa shape index (κ1) is 13.8. The van der Waals surface area contributed by atoms with E-state index >= 15 is 0 Å². The molecule has 3 saturated carbocycles. The minimum absolute atomic E-state index is 0.0202. The van der Waals surface area contributed by atoms with Crippen molar-refractivity contribution in [1.82, 2.24) is 0 Å². The van der Waals surface area contributed by atoms with Gasteiger partial charge in [-0.1, -0.05) is 6.92 Å². The van der Waals surface area contributed by atoms with Crippen LogP contribution in [0.15, 0.2) is 11.6 Å². The van der Waals surface area contributed by atoms with Gasteiger partial charge in [0, 0.05) is 34.7 Å². The van der Waals surface area contributed by atoms with Crippen LogP contribution >= 0.6 is 11.8 Å². The fraction of sp³-hybridized carbons (Fsp3) is 0.789. The third kappa shape index (κ3) is 1.50. The summed E-state index contributed by atoms with van der Waals surface area (Å²) in [6.45, 7) is 2.26. The number of hydrogen-bond donors (Lipinski definition) is 0. The molecule has 4 aliphatic carbocycles. The van der Waals surface area contributed by atoms with Crippen molar-refractivity contribution in [2.45, 2.75) is 57.1 Å². The minimum Gasteiger partial charge on any atom is -0.299 e. The maximum Gasteiger partial charge on any atom is 0.155 e. The van der Waals surface area contributed by atoms with Crippen LogP contribution in [0.3, 0.4) is 0 Å². The van der Waals surface area contributed by atoms with Gasteiger partial charge in [-0.05, 0) is 61.5 Å². The summed E-state index contributed by atoms with van der Waals surface area (Å²) in [7, 11) is 0. The molecule has 2 bridgehead atoms. The quantitative estimate of drug-likeness (QED) is 0.682. The second-order valence-electron chi connectivity index (χ2n) is 8.55. The van der Waals surface area contributed by atoms with E-state index in [1.165, 1.54) is 24.2 Å². The van der Waals surface area contributed by atoms with Crippen molar-refractivity contribution < 1.29 is 9.59 Å². The zero-order valence-corrected chi connectivity index (χ0v) is 14.1. The van der Waals surface area contributed by atoms with E-state index in [4.69, 9.17) is 0 Å². The fourth-order valence-corrected chi connectivity index (χ4v) is 8.67. The Morgan fingerprint density at radius 1 is 1.14 bits per heavy atom. The Morgan fingerprint density at radius 2 is 2.00 bits per heavy atom. The van der Waals surface area contributed by atoms with Crippen molar-refractivity contribution in [3.63, 3.8) is 0 Å². The number of Topliss-reactive ketones (excluding diaryl/α,β-unsaturated/α-hetero) is 1. The van der Waals surface area contributed by atoms with Gasteiger partial charge >= 0.3 is 0 Å². The molecule has 0 radical (unpaired) electrons. The number of thioether (sulfide) groups is 1. The molecule has 0 aromatic rings. The smallest absolute Gasteiger partial charge is 0.155 e. The van der Waals surface area contributed by atoms with Crippen LogP contribution in [0.1, 0.15) is 51.9 Å². The summed E-state index contributed by atoms with van der Waals surface area (Å²) < 4.78 is 0. The molecule has 1 heterocycles. The van der Waals surface area contributed by atoms with Crippen molar-refractivity contribution >= 4 is 23.3 Å². The highest BCUT2D eigenvalue weighted by atomic mass is 32.2. The third-order valence-electron chi connectivity index (χ3n) is 7.94. The molecule has 2 nitrogen and oxygen atoms in total. The molecule has 3 heteroatoms. The molecule has 5 rings (SSSR count). The predicted octanol–water partition coefficient (Wildman–Crippen LogP) is 3.79. The molecule has 0 aromatic heterocycles. The van der Waals surface area contributed by atoms with E-state index in [1.807, 2.05) is 6.08 Å². The summed E-state index contributed by atoms with van der Waals surface area (Å²) in [5.74, 6) is 4.21. The highest BCUT2D eigenvalue weighted by Gasteiger charge is 2.63. The van der Waals surface area contributed by atoms with Gasteiger partial charge in [-0.15, -0.1) is 0 Å². The van der Waals surface area contributed by atoms with Crippen LogP contribution in [0.5, 0.6) is 0 Å². The molecule has 0 N–H and O–H groups in total. The van der Waals surface area contributed by atoms with E-state index in [0.717, 1.165) is 43.9 Å². The molecule has 1 aliphatic heterocycles. The lowest BCUT2D eigenvalue weighted by atomic mass is 9.47. The van der Waals surface area contributed by atoms with Crippen LogP contribution in [0.25, 0.3) is 0 Å². The van der Waals surface area contributed by atoms with Crippen LogP contribution in [0.2, 0.25) is 0 Å². The van der Waals surface area contributed by atoms with Crippen LogP contribution in [-0.2, 0) is 9.59 Å². The SMILES string of the molecule is C[C@]12CC[C@H]3[C@@H](C[C@H]4SC[C@@]35CCC(=O)C=C45)[C@@H]1CCC2=O. The zero-order valence-electron chi connectivity index (χ0n) is 13.3. The Labute approximate surface area is 136 Å². The van der Waals surface area contributed by atoms with E-state index in [1.54, 1.807) is 0 Å².